The number of aromatic nitrogens is 5. The Labute approximate surface area is 190 Å². The molecule has 1 aliphatic rings. The third-order valence-electron chi connectivity index (χ3n) is 6.38. The number of benzene rings is 1. The zero-order chi connectivity index (χ0) is 22.4. The Balaban J connectivity index is 1.24. The fourth-order valence-corrected chi connectivity index (χ4v) is 4.65. The molecule has 1 atom stereocenters. The molecule has 4 aromatic heterocycles. The molecule has 8 nitrogen and oxygen atoms in total. The van der Waals surface area contributed by atoms with Gasteiger partial charge in [-0.3, -0.25) is 14.7 Å². The van der Waals surface area contributed by atoms with Crippen LogP contribution in [0, 0.1) is 0 Å². The Kier molecular flexibility index (Phi) is 4.66. The summed E-state index contributed by atoms with van der Waals surface area (Å²) in [6.45, 7) is 1.12. The molecule has 0 aliphatic carbocycles. The first-order chi connectivity index (χ1) is 16.2. The van der Waals surface area contributed by atoms with Crippen molar-refractivity contribution in [1.29, 1.82) is 0 Å². The van der Waals surface area contributed by atoms with Gasteiger partial charge < -0.3 is 10.3 Å². The Morgan fingerprint density at radius 1 is 1.09 bits per heavy atom. The van der Waals surface area contributed by atoms with Gasteiger partial charge >= 0.3 is 0 Å². The number of anilines is 1. The highest BCUT2D eigenvalue weighted by Gasteiger charge is 2.24. The minimum Gasteiger partial charge on any atom is -0.357 e. The number of hydrogen-bond donors (Lipinski definition) is 2. The summed E-state index contributed by atoms with van der Waals surface area (Å²) in [4.78, 5) is 27.3. The molecule has 0 unspecified atom stereocenters. The Bertz CT molecular complexity index is 1470. The van der Waals surface area contributed by atoms with E-state index in [-0.39, 0.29) is 5.91 Å². The third-order valence-corrected chi connectivity index (χ3v) is 6.38. The minimum absolute atomic E-state index is 0.206. The summed E-state index contributed by atoms with van der Waals surface area (Å²) in [5, 5.41) is 9.32. The van der Waals surface area contributed by atoms with Crippen LogP contribution in [0.1, 0.15) is 34.9 Å². The largest absolute Gasteiger partial charge is 0.357 e. The van der Waals surface area contributed by atoms with Gasteiger partial charge in [0.15, 0.2) is 0 Å². The third kappa shape index (κ3) is 3.54. The van der Waals surface area contributed by atoms with Crippen LogP contribution in [0.3, 0.4) is 0 Å². The van der Waals surface area contributed by atoms with Crippen LogP contribution in [0.15, 0.2) is 67.3 Å². The highest BCUT2D eigenvalue weighted by Crippen LogP contribution is 2.32. The molecule has 164 valence electrons. The van der Waals surface area contributed by atoms with Crippen molar-refractivity contribution in [2.75, 3.05) is 18.9 Å². The maximum absolute atomic E-state index is 12.9. The van der Waals surface area contributed by atoms with Crippen LogP contribution >= 0.6 is 0 Å². The van der Waals surface area contributed by atoms with Crippen LogP contribution in [-0.4, -0.2) is 49.1 Å². The second-order valence-electron chi connectivity index (χ2n) is 8.51. The van der Waals surface area contributed by atoms with Crippen LogP contribution in [0.2, 0.25) is 0 Å². The predicted octanol–water partition coefficient (Wildman–Crippen LogP) is 4.32. The molecule has 1 aliphatic heterocycles. The number of carbonyl (C=O) groups is 1. The van der Waals surface area contributed by atoms with Crippen molar-refractivity contribution < 1.29 is 4.79 Å². The van der Waals surface area contributed by atoms with E-state index in [1.807, 2.05) is 41.2 Å². The van der Waals surface area contributed by atoms with E-state index >= 15 is 0 Å². The number of carbonyl (C=O) groups excluding carboxylic acids is 1. The van der Waals surface area contributed by atoms with Crippen LogP contribution in [0.25, 0.3) is 27.5 Å². The van der Waals surface area contributed by atoms with Crippen molar-refractivity contribution in [3.8, 4) is 5.69 Å². The summed E-state index contributed by atoms with van der Waals surface area (Å²) in [6, 6.07) is 13.8. The number of fused-ring (bicyclic) bond motifs is 2. The molecular formula is C25H23N7O. The lowest BCUT2D eigenvalue weighted by Crippen LogP contribution is -2.17. The van der Waals surface area contributed by atoms with E-state index in [0.29, 0.717) is 17.4 Å². The summed E-state index contributed by atoms with van der Waals surface area (Å²) in [5.74, 6) is 0.316. The first-order valence-corrected chi connectivity index (χ1v) is 11.0. The summed E-state index contributed by atoms with van der Waals surface area (Å²) in [6.07, 6.45) is 9.39. The van der Waals surface area contributed by atoms with E-state index in [1.165, 1.54) is 12.1 Å². The molecule has 2 N–H and O–H groups in total. The van der Waals surface area contributed by atoms with E-state index in [9.17, 15) is 4.79 Å². The van der Waals surface area contributed by atoms with E-state index in [0.717, 1.165) is 40.5 Å². The molecule has 33 heavy (non-hydrogen) atoms. The fourth-order valence-electron chi connectivity index (χ4n) is 4.65. The lowest BCUT2D eigenvalue weighted by molar-refractivity contribution is 0.102. The first-order valence-electron chi connectivity index (χ1n) is 11.0. The molecule has 0 bridgehead atoms. The lowest BCUT2D eigenvalue weighted by atomic mass is 10.1. The van der Waals surface area contributed by atoms with Gasteiger partial charge in [0.05, 0.1) is 22.9 Å². The molecule has 6 rings (SSSR count). The zero-order valence-electron chi connectivity index (χ0n) is 18.2. The minimum atomic E-state index is -0.206. The maximum Gasteiger partial charge on any atom is 0.256 e. The van der Waals surface area contributed by atoms with Crippen LogP contribution < -0.4 is 5.32 Å². The van der Waals surface area contributed by atoms with Gasteiger partial charge in [-0.15, -0.1) is 0 Å². The number of nitrogens with one attached hydrogen (secondary N) is 2. The van der Waals surface area contributed by atoms with Crippen molar-refractivity contribution in [1.82, 2.24) is 29.6 Å². The zero-order valence-corrected chi connectivity index (χ0v) is 18.2. The van der Waals surface area contributed by atoms with E-state index in [4.69, 9.17) is 0 Å². The number of pyridine rings is 2. The highest BCUT2D eigenvalue weighted by atomic mass is 16.1. The molecule has 0 saturated carbocycles. The van der Waals surface area contributed by atoms with Gasteiger partial charge in [0.1, 0.15) is 5.82 Å². The smallest absolute Gasteiger partial charge is 0.256 e. The molecule has 1 fully saturated rings. The van der Waals surface area contributed by atoms with Gasteiger partial charge in [-0.05, 0) is 62.8 Å². The standard InChI is InChI=1S/C25H23N7O/c1-31-10-2-3-23(31)21-12-17-14-27-24(13-20(17)29-21)30-25(33)16-4-5-22-18(11-16)15-28-32(22)19-6-8-26-9-7-19/h4-9,11-15,23,29H,2-3,10H2,1H3,(H,27,30,33)/t23-/m1/s1. The first kappa shape index (κ1) is 19.6. The SMILES string of the molecule is CN1CCC[C@@H]1c1cc2cnc(NC(=O)c3ccc4c(cnn4-c4ccncc4)c3)cc2[nH]1. The number of amides is 1. The summed E-state index contributed by atoms with van der Waals surface area (Å²) >= 11 is 0. The molecule has 5 heterocycles. The second kappa shape index (κ2) is 7.83. The molecule has 0 radical (unpaired) electrons. The number of nitrogens with zero attached hydrogens (tertiary/aromatic N) is 5. The number of aromatic amines is 1. The summed E-state index contributed by atoms with van der Waals surface area (Å²) < 4.78 is 1.83. The average molecular weight is 438 g/mol. The maximum atomic E-state index is 12.9. The normalized spacial score (nSPS) is 16.6. The van der Waals surface area contributed by atoms with Gasteiger partial charge in [0, 0.05) is 52.7 Å². The molecular weight excluding hydrogens is 414 g/mol. The highest BCUT2D eigenvalue weighted by molar-refractivity contribution is 6.06. The number of rotatable bonds is 4. The predicted molar refractivity (Wildman–Crippen MR) is 128 cm³/mol. The number of hydrogen-bond acceptors (Lipinski definition) is 5. The monoisotopic (exact) mass is 437 g/mol. The Morgan fingerprint density at radius 2 is 1.97 bits per heavy atom. The number of likely N-dealkylation sites (tertiary alicyclic amines) is 1. The molecule has 1 saturated heterocycles. The van der Waals surface area contributed by atoms with Gasteiger partial charge in [-0.25, -0.2) is 9.67 Å². The van der Waals surface area contributed by atoms with Crippen LogP contribution in [-0.2, 0) is 0 Å². The molecule has 1 aromatic carbocycles. The van der Waals surface area contributed by atoms with Crippen molar-refractivity contribution in [2.24, 2.45) is 0 Å². The quantitative estimate of drug-likeness (QED) is 0.437. The van der Waals surface area contributed by atoms with E-state index in [1.54, 1.807) is 24.7 Å². The van der Waals surface area contributed by atoms with E-state index in [2.05, 4.69) is 43.4 Å². The topological polar surface area (TPSA) is 91.7 Å². The van der Waals surface area contributed by atoms with Crippen molar-refractivity contribution in [3.63, 3.8) is 0 Å². The number of H-pyrrole nitrogens is 1. The Morgan fingerprint density at radius 3 is 2.79 bits per heavy atom. The second-order valence-corrected chi connectivity index (χ2v) is 8.51. The van der Waals surface area contributed by atoms with Gasteiger partial charge in [-0.1, -0.05) is 0 Å². The van der Waals surface area contributed by atoms with Gasteiger partial charge in [-0.2, -0.15) is 5.10 Å². The van der Waals surface area contributed by atoms with Crippen LogP contribution in [0.5, 0.6) is 0 Å². The fraction of sp³-hybridized carbons (Fsp3) is 0.200. The molecule has 5 aromatic rings. The van der Waals surface area contributed by atoms with E-state index < -0.39 is 0 Å². The van der Waals surface area contributed by atoms with Crippen molar-refractivity contribution in [3.05, 3.63) is 78.5 Å². The molecule has 8 heteroatoms. The van der Waals surface area contributed by atoms with Crippen LogP contribution in [0.4, 0.5) is 5.82 Å². The summed E-state index contributed by atoms with van der Waals surface area (Å²) in [5.41, 5.74) is 4.58. The Hall–Kier alpha value is -4.04. The lowest BCUT2D eigenvalue weighted by Gasteiger charge is -2.17. The van der Waals surface area contributed by atoms with Gasteiger partial charge in [0.2, 0.25) is 0 Å². The summed E-state index contributed by atoms with van der Waals surface area (Å²) in [7, 11) is 2.16. The van der Waals surface area contributed by atoms with Gasteiger partial charge in [0.25, 0.3) is 5.91 Å². The molecule has 0 spiro atoms. The van der Waals surface area contributed by atoms with Crippen molar-refractivity contribution >= 4 is 33.5 Å². The molecule has 1 amide bonds. The average Bonchev–Trinajstić information content (AvgIpc) is 3.56. The van der Waals surface area contributed by atoms with Crippen molar-refractivity contribution in [2.45, 2.75) is 18.9 Å².